The maximum atomic E-state index is 12.5. The molecule has 1 spiro atoms. The molecule has 1 aromatic rings. The fourth-order valence-corrected chi connectivity index (χ4v) is 3.46. The number of hydrogen-bond donors (Lipinski definition) is 1. The van der Waals surface area contributed by atoms with Crippen LogP contribution in [0.1, 0.15) is 24.8 Å². The molecular weight excluding hydrogens is 280 g/mol. The lowest BCUT2D eigenvalue weighted by atomic mass is 9.77. The normalized spacial score (nSPS) is 20.0. The Balaban J connectivity index is 1.59. The van der Waals surface area contributed by atoms with Crippen LogP contribution < -0.4 is 10.1 Å². The molecule has 0 atom stereocenters. The minimum absolute atomic E-state index is 0.0816. The number of amides is 2. The Labute approximate surface area is 130 Å². The SMILES string of the molecule is COc1ccccc1CC(=O)N1CCC2(CC1)CNC(=O)C2. The molecule has 2 amide bonds. The molecule has 0 saturated carbocycles. The minimum Gasteiger partial charge on any atom is -0.496 e. The van der Waals surface area contributed by atoms with Gasteiger partial charge < -0.3 is 15.0 Å². The van der Waals surface area contributed by atoms with E-state index < -0.39 is 0 Å². The average Bonchev–Trinajstić information content (AvgIpc) is 2.89. The van der Waals surface area contributed by atoms with Gasteiger partial charge in [0.05, 0.1) is 13.5 Å². The average molecular weight is 302 g/mol. The summed E-state index contributed by atoms with van der Waals surface area (Å²) in [5.41, 5.74) is 1.01. The fraction of sp³-hybridized carbons (Fsp3) is 0.529. The molecule has 0 radical (unpaired) electrons. The minimum atomic E-state index is 0.0816. The number of likely N-dealkylation sites (tertiary alicyclic amines) is 1. The van der Waals surface area contributed by atoms with Gasteiger partial charge in [0.2, 0.25) is 11.8 Å². The van der Waals surface area contributed by atoms with Crippen LogP contribution in [0.25, 0.3) is 0 Å². The zero-order chi connectivity index (χ0) is 15.6. The first-order valence-electron chi connectivity index (χ1n) is 7.78. The van der Waals surface area contributed by atoms with Crippen LogP contribution >= 0.6 is 0 Å². The van der Waals surface area contributed by atoms with Crippen LogP contribution in [0, 0.1) is 5.41 Å². The van der Waals surface area contributed by atoms with Crippen molar-refractivity contribution in [2.24, 2.45) is 5.41 Å². The second-order valence-electron chi connectivity index (χ2n) is 6.32. The molecule has 1 aromatic carbocycles. The van der Waals surface area contributed by atoms with Gasteiger partial charge in [0, 0.05) is 31.6 Å². The summed E-state index contributed by atoms with van der Waals surface area (Å²) in [6.45, 7) is 2.24. The molecular formula is C17H22N2O3. The molecule has 0 unspecified atom stereocenters. The van der Waals surface area contributed by atoms with Crippen LogP contribution in [0.3, 0.4) is 0 Å². The second-order valence-corrected chi connectivity index (χ2v) is 6.32. The van der Waals surface area contributed by atoms with Gasteiger partial charge in [-0.15, -0.1) is 0 Å². The Morgan fingerprint density at radius 2 is 2.05 bits per heavy atom. The van der Waals surface area contributed by atoms with Crippen LogP contribution in [0.4, 0.5) is 0 Å². The second kappa shape index (κ2) is 5.99. The highest BCUT2D eigenvalue weighted by molar-refractivity contribution is 5.80. The monoisotopic (exact) mass is 302 g/mol. The molecule has 0 aromatic heterocycles. The van der Waals surface area contributed by atoms with Crippen LogP contribution in [0.2, 0.25) is 0 Å². The summed E-state index contributed by atoms with van der Waals surface area (Å²) < 4.78 is 5.31. The van der Waals surface area contributed by atoms with Gasteiger partial charge in [0.1, 0.15) is 5.75 Å². The molecule has 3 rings (SSSR count). The molecule has 2 heterocycles. The summed E-state index contributed by atoms with van der Waals surface area (Å²) in [6, 6.07) is 7.64. The first kappa shape index (κ1) is 14.9. The van der Waals surface area contributed by atoms with Crippen molar-refractivity contribution in [3.63, 3.8) is 0 Å². The van der Waals surface area contributed by atoms with Gasteiger partial charge in [-0.1, -0.05) is 18.2 Å². The summed E-state index contributed by atoms with van der Waals surface area (Å²) in [5, 5.41) is 2.92. The maximum absolute atomic E-state index is 12.5. The fourth-order valence-electron chi connectivity index (χ4n) is 3.46. The number of methoxy groups -OCH3 is 1. The van der Waals surface area contributed by atoms with Crippen molar-refractivity contribution in [1.29, 1.82) is 0 Å². The van der Waals surface area contributed by atoms with E-state index in [0.717, 1.165) is 43.8 Å². The third kappa shape index (κ3) is 2.93. The number of piperidine rings is 1. The van der Waals surface area contributed by atoms with Crippen molar-refractivity contribution < 1.29 is 14.3 Å². The molecule has 0 aliphatic carbocycles. The number of nitrogens with one attached hydrogen (secondary N) is 1. The number of carbonyl (C=O) groups is 2. The summed E-state index contributed by atoms with van der Waals surface area (Å²) >= 11 is 0. The van der Waals surface area contributed by atoms with Crippen molar-refractivity contribution in [1.82, 2.24) is 10.2 Å². The number of hydrogen-bond acceptors (Lipinski definition) is 3. The lowest BCUT2D eigenvalue weighted by molar-refractivity contribution is -0.132. The number of ether oxygens (including phenoxy) is 1. The van der Waals surface area contributed by atoms with E-state index >= 15 is 0 Å². The van der Waals surface area contributed by atoms with Crippen molar-refractivity contribution in [2.75, 3.05) is 26.7 Å². The molecule has 5 nitrogen and oxygen atoms in total. The van der Waals surface area contributed by atoms with E-state index in [2.05, 4.69) is 5.32 Å². The summed E-state index contributed by atoms with van der Waals surface area (Å²) in [6.07, 6.45) is 2.79. The van der Waals surface area contributed by atoms with Crippen molar-refractivity contribution in [3.05, 3.63) is 29.8 Å². The van der Waals surface area contributed by atoms with Crippen LogP contribution in [0.15, 0.2) is 24.3 Å². The predicted octanol–water partition coefficient (Wildman–Crippen LogP) is 1.37. The Kier molecular flexibility index (Phi) is 4.05. The first-order chi connectivity index (χ1) is 10.6. The topological polar surface area (TPSA) is 58.6 Å². The van der Waals surface area contributed by atoms with Gasteiger partial charge in [0.15, 0.2) is 0 Å². The molecule has 22 heavy (non-hydrogen) atoms. The van der Waals surface area contributed by atoms with Gasteiger partial charge >= 0.3 is 0 Å². The Hall–Kier alpha value is -2.04. The number of carbonyl (C=O) groups excluding carboxylic acids is 2. The van der Waals surface area contributed by atoms with E-state index in [-0.39, 0.29) is 17.2 Å². The van der Waals surface area contributed by atoms with Gasteiger partial charge in [-0.25, -0.2) is 0 Å². The highest BCUT2D eigenvalue weighted by Gasteiger charge is 2.41. The maximum Gasteiger partial charge on any atom is 0.227 e. The molecule has 118 valence electrons. The number of rotatable bonds is 3. The molecule has 5 heteroatoms. The van der Waals surface area contributed by atoms with Gasteiger partial charge in [-0.3, -0.25) is 9.59 Å². The van der Waals surface area contributed by atoms with Gasteiger partial charge in [-0.2, -0.15) is 0 Å². The Morgan fingerprint density at radius 1 is 1.32 bits per heavy atom. The highest BCUT2D eigenvalue weighted by atomic mass is 16.5. The van der Waals surface area contributed by atoms with Crippen molar-refractivity contribution in [2.45, 2.75) is 25.7 Å². The zero-order valence-electron chi connectivity index (χ0n) is 12.9. The molecule has 2 fully saturated rings. The van der Waals surface area contributed by atoms with Crippen LogP contribution in [0.5, 0.6) is 5.75 Å². The molecule has 0 bridgehead atoms. The molecule has 2 aliphatic rings. The third-order valence-corrected chi connectivity index (χ3v) is 4.91. The number of nitrogens with zero attached hydrogens (tertiary/aromatic N) is 1. The zero-order valence-corrected chi connectivity index (χ0v) is 12.9. The molecule has 2 aliphatic heterocycles. The highest BCUT2D eigenvalue weighted by Crippen LogP contribution is 2.37. The van der Waals surface area contributed by atoms with Crippen LogP contribution in [-0.2, 0) is 16.0 Å². The molecule has 2 saturated heterocycles. The van der Waals surface area contributed by atoms with E-state index in [1.807, 2.05) is 29.2 Å². The van der Waals surface area contributed by atoms with E-state index in [1.165, 1.54) is 0 Å². The molecule has 1 N–H and O–H groups in total. The Morgan fingerprint density at radius 3 is 2.68 bits per heavy atom. The number of para-hydroxylation sites is 1. The Bertz CT molecular complexity index is 577. The van der Waals surface area contributed by atoms with E-state index in [4.69, 9.17) is 4.74 Å². The lowest BCUT2D eigenvalue weighted by Crippen LogP contribution is -2.44. The predicted molar refractivity (Wildman–Crippen MR) is 82.6 cm³/mol. The summed E-state index contributed by atoms with van der Waals surface area (Å²) in [5.74, 6) is 1.04. The largest absolute Gasteiger partial charge is 0.496 e. The van der Waals surface area contributed by atoms with Crippen molar-refractivity contribution in [3.8, 4) is 5.75 Å². The van der Waals surface area contributed by atoms with Gasteiger partial charge in [0.25, 0.3) is 0 Å². The van der Waals surface area contributed by atoms with E-state index in [1.54, 1.807) is 7.11 Å². The number of benzene rings is 1. The summed E-state index contributed by atoms with van der Waals surface area (Å²) in [7, 11) is 1.62. The van der Waals surface area contributed by atoms with E-state index in [0.29, 0.717) is 12.8 Å². The third-order valence-electron chi connectivity index (χ3n) is 4.91. The smallest absolute Gasteiger partial charge is 0.227 e. The first-order valence-corrected chi connectivity index (χ1v) is 7.78. The quantitative estimate of drug-likeness (QED) is 0.917. The van der Waals surface area contributed by atoms with Crippen LogP contribution in [-0.4, -0.2) is 43.5 Å². The summed E-state index contributed by atoms with van der Waals surface area (Å²) in [4.78, 5) is 25.8. The van der Waals surface area contributed by atoms with E-state index in [9.17, 15) is 9.59 Å². The lowest BCUT2D eigenvalue weighted by Gasteiger charge is -2.38. The van der Waals surface area contributed by atoms with Gasteiger partial charge in [-0.05, 0) is 24.3 Å². The van der Waals surface area contributed by atoms with Crippen molar-refractivity contribution >= 4 is 11.8 Å². The standard InChI is InChI=1S/C17H22N2O3/c1-22-14-5-3-2-4-13(14)10-16(21)19-8-6-17(7-9-19)11-15(20)18-12-17/h2-5H,6-12H2,1H3,(H,18,20).